The molecule has 2 N–H and O–H groups in total. The SMILES string of the molecule is COc1cc(NS(=O)(=O)c2ccc(NC(=O)COc3ccc4ccccc4c3)cc2)nc(OC)n1. The first-order valence-corrected chi connectivity index (χ1v) is 11.9. The molecule has 0 unspecified atom stereocenters. The third-order valence-corrected chi connectivity index (χ3v) is 6.22. The highest BCUT2D eigenvalue weighted by Gasteiger charge is 2.17. The number of benzene rings is 3. The summed E-state index contributed by atoms with van der Waals surface area (Å²) < 4.78 is 43.4. The van der Waals surface area contributed by atoms with Gasteiger partial charge >= 0.3 is 6.01 Å². The van der Waals surface area contributed by atoms with E-state index in [4.69, 9.17) is 14.2 Å². The zero-order chi connectivity index (χ0) is 24.8. The van der Waals surface area contributed by atoms with Crippen molar-refractivity contribution >= 4 is 38.2 Å². The number of hydrogen-bond acceptors (Lipinski definition) is 8. The summed E-state index contributed by atoms with van der Waals surface area (Å²) in [6.45, 7) is -0.197. The summed E-state index contributed by atoms with van der Waals surface area (Å²) in [5.41, 5.74) is 0.418. The lowest BCUT2D eigenvalue weighted by atomic mass is 10.1. The minimum Gasteiger partial charge on any atom is -0.484 e. The van der Waals surface area contributed by atoms with Gasteiger partial charge in [0.1, 0.15) is 5.75 Å². The number of fused-ring (bicyclic) bond motifs is 1. The van der Waals surface area contributed by atoms with Crippen LogP contribution in [0, 0.1) is 0 Å². The number of anilines is 2. The maximum Gasteiger partial charge on any atom is 0.321 e. The molecule has 0 fully saturated rings. The molecule has 35 heavy (non-hydrogen) atoms. The number of carbonyl (C=O) groups is 1. The van der Waals surface area contributed by atoms with E-state index in [9.17, 15) is 13.2 Å². The predicted octanol–water partition coefficient (Wildman–Crippen LogP) is 3.47. The number of nitrogens with zero attached hydrogens (tertiary/aromatic N) is 2. The molecule has 1 aromatic heterocycles. The number of rotatable bonds is 9. The molecule has 0 radical (unpaired) electrons. The lowest BCUT2D eigenvalue weighted by Gasteiger charge is -2.11. The van der Waals surface area contributed by atoms with Gasteiger partial charge in [-0.1, -0.05) is 30.3 Å². The Labute approximate surface area is 201 Å². The Morgan fingerprint density at radius 3 is 2.34 bits per heavy atom. The van der Waals surface area contributed by atoms with Gasteiger partial charge in [0, 0.05) is 11.8 Å². The summed E-state index contributed by atoms with van der Waals surface area (Å²) in [5, 5.41) is 4.76. The van der Waals surface area contributed by atoms with Crippen molar-refractivity contribution in [3.05, 3.63) is 72.8 Å². The van der Waals surface area contributed by atoms with Crippen LogP contribution in [0.3, 0.4) is 0 Å². The third kappa shape index (κ3) is 5.95. The van der Waals surface area contributed by atoms with E-state index in [1.807, 2.05) is 36.4 Å². The van der Waals surface area contributed by atoms with Gasteiger partial charge in [-0.3, -0.25) is 9.52 Å². The Morgan fingerprint density at radius 2 is 1.63 bits per heavy atom. The van der Waals surface area contributed by atoms with E-state index in [0.717, 1.165) is 10.8 Å². The van der Waals surface area contributed by atoms with Gasteiger partial charge in [-0.05, 0) is 47.2 Å². The fraction of sp³-hybridized carbons (Fsp3) is 0.125. The molecule has 11 heteroatoms. The molecule has 4 aromatic rings. The monoisotopic (exact) mass is 494 g/mol. The summed E-state index contributed by atoms with van der Waals surface area (Å²) in [4.78, 5) is 20.1. The van der Waals surface area contributed by atoms with E-state index >= 15 is 0 Å². The zero-order valence-corrected chi connectivity index (χ0v) is 19.7. The van der Waals surface area contributed by atoms with Crippen LogP contribution in [0.5, 0.6) is 17.6 Å². The maximum atomic E-state index is 12.7. The van der Waals surface area contributed by atoms with Crippen molar-refractivity contribution in [2.75, 3.05) is 30.9 Å². The molecule has 0 aliphatic carbocycles. The molecule has 0 bridgehead atoms. The van der Waals surface area contributed by atoms with E-state index in [1.54, 1.807) is 6.07 Å². The minimum atomic E-state index is -3.96. The van der Waals surface area contributed by atoms with Crippen molar-refractivity contribution in [2.45, 2.75) is 4.90 Å². The lowest BCUT2D eigenvalue weighted by Crippen LogP contribution is -2.20. The molecule has 180 valence electrons. The maximum absolute atomic E-state index is 12.7. The van der Waals surface area contributed by atoms with E-state index in [0.29, 0.717) is 11.4 Å². The average Bonchev–Trinajstić information content (AvgIpc) is 2.87. The fourth-order valence-corrected chi connectivity index (χ4v) is 4.16. The number of amides is 1. The zero-order valence-electron chi connectivity index (χ0n) is 18.9. The number of methoxy groups -OCH3 is 2. The summed E-state index contributed by atoms with van der Waals surface area (Å²) in [7, 11) is -1.22. The number of carbonyl (C=O) groups excluding carboxylic acids is 1. The van der Waals surface area contributed by atoms with Gasteiger partial charge in [0.2, 0.25) is 5.88 Å². The average molecular weight is 495 g/mol. The molecule has 1 amide bonds. The number of hydrogen-bond donors (Lipinski definition) is 2. The quantitative estimate of drug-likeness (QED) is 0.362. The van der Waals surface area contributed by atoms with Crippen molar-refractivity contribution in [3.8, 4) is 17.6 Å². The second-order valence-electron chi connectivity index (χ2n) is 7.26. The smallest absolute Gasteiger partial charge is 0.321 e. The minimum absolute atomic E-state index is 0.0167. The lowest BCUT2D eigenvalue weighted by molar-refractivity contribution is -0.118. The van der Waals surface area contributed by atoms with Crippen LogP contribution >= 0.6 is 0 Å². The first kappa shape index (κ1) is 23.8. The van der Waals surface area contributed by atoms with Crippen LogP contribution in [0.4, 0.5) is 11.5 Å². The Balaban J connectivity index is 1.37. The standard InChI is InChI=1S/C24H22N4O6S/c1-32-23-14-21(26-24(27-23)33-2)28-35(30,31)20-11-8-18(9-12-20)25-22(29)15-34-19-10-7-16-5-3-4-6-17(16)13-19/h3-14H,15H2,1-2H3,(H,25,29)(H,26,27,28). The van der Waals surface area contributed by atoms with Gasteiger partial charge in [0.25, 0.3) is 15.9 Å². The van der Waals surface area contributed by atoms with Crippen LogP contribution in [0.1, 0.15) is 0 Å². The molecule has 10 nitrogen and oxygen atoms in total. The molecular formula is C24H22N4O6S. The third-order valence-electron chi connectivity index (χ3n) is 4.85. The molecule has 0 saturated carbocycles. The summed E-state index contributed by atoms with van der Waals surface area (Å²) in [6.07, 6.45) is 0. The highest BCUT2D eigenvalue weighted by atomic mass is 32.2. The highest BCUT2D eigenvalue weighted by molar-refractivity contribution is 7.92. The van der Waals surface area contributed by atoms with Crippen LogP contribution < -0.4 is 24.2 Å². The fourth-order valence-electron chi connectivity index (χ4n) is 3.17. The van der Waals surface area contributed by atoms with E-state index in [2.05, 4.69) is 20.0 Å². The van der Waals surface area contributed by atoms with Crippen molar-refractivity contribution < 1.29 is 27.4 Å². The van der Waals surface area contributed by atoms with Crippen LogP contribution in [-0.4, -0.2) is 45.1 Å². The van der Waals surface area contributed by atoms with Crippen molar-refractivity contribution in [2.24, 2.45) is 0 Å². The predicted molar refractivity (Wildman–Crippen MR) is 130 cm³/mol. The first-order valence-electron chi connectivity index (χ1n) is 10.4. The van der Waals surface area contributed by atoms with E-state index in [1.165, 1.54) is 44.6 Å². The molecule has 0 aliphatic rings. The van der Waals surface area contributed by atoms with Crippen LogP contribution in [0.25, 0.3) is 10.8 Å². The Kier molecular flexibility index (Phi) is 6.97. The summed E-state index contributed by atoms with van der Waals surface area (Å²) in [6, 6.07) is 20.4. The molecule has 4 rings (SSSR count). The van der Waals surface area contributed by atoms with Gasteiger partial charge in [-0.2, -0.15) is 9.97 Å². The number of sulfonamides is 1. The number of aromatic nitrogens is 2. The van der Waals surface area contributed by atoms with Crippen molar-refractivity contribution in [3.63, 3.8) is 0 Å². The van der Waals surface area contributed by atoms with E-state index in [-0.39, 0.29) is 35.1 Å². The van der Waals surface area contributed by atoms with Crippen LogP contribution in [0.15, 0.2) is 77.7 Å². The van der Waals surface area contributed by atoms with Crippen molar-refractivity contribution in [1.82, 2.24) is 9.97 Å². The molecule has 0 saturated heterocycles. The van der Waals surface area contributed by atoms with Crippen LogP contribution in [0.2, 0.25) is 0 Å². The van der Waals surface area contributed by atoms with Gasteiger partial charge in [0.15, 0.2) is 12.4 Å². The summed E-state index contributed by atoms with van der Waals surface area (Å²) in [5.74, 6) is 0.312. The highest BCUT2D eigenvalue weighted by Crippen LogP contribution is 2.22. The Hall–Kier alpha value is -4.38. The van der Waals surface area contributed by atoms with Gasteiger partial charge in [-0.15, -0.1) is 0 Å². The molecule has 0 atom stereocenters. The number of nitrogens with one attached hydrogen (secondary N) is 2. The number of ether oxygens (including phenoxy) is 3. The Bertz CT molecular complexity index is 1440. The molecule has 1 heterocycles. The molecular weight excluding hydrogens is 472 g/mol. The van der Waals surface area contributed by atoms with Crippen molar-refractivity contribution in [1.29, 1.82) is 0 Å². The topological polar surface area (TPSA) is 129 Å². The summed E-state index contributed by atoms with van der Waals surface area (Å²) >= 11 is 0. The van der Waals surface area contributed by atoms with E-state index < -0.39 is 10.0 Å². The van der Waals surface area contributed by atoms with Gasteiger partial charge in [-0.25, -0.2) is 8.42 Å². The Morgan fingerprint density at radius 1 is 0.886 bits per heavy atom. The molecule has 0 aliphatic heterocycles. The first-order chi connectivity index (χ1) is 16.9. The van der Waals surface area contributed by atoms with Gasteiger partial charge < -0.3 is 19.5 Å². The second-order valence-corrected chi connectivity index (χ2v) is 8.94. The normalized spacial score (nSPS) is 11.0. The van der Waals surface area contributed by atoms with Gasteiger partial charge in [0.05, 0.1) is 19.1 Å². The molecule has 0 spiro atoms. The second kappa shape index (κ2) is 10.3. The largest absolute Gasteiger partial charge is 0.484 e. The molecule has 3 aromatic carbocycles. The van der Waals surface area contributed by atoms with Crippen LogP contribution in [-0.2, 0) is 14.8 Å².